The molecule has 0 amide bonds. The third-order valence-corrected chi connectivity index (χ3v) is 5.63. The first kappa shape index (κ1) is 12.8. The highest BCUT2D eigenvalue weighted by molar-refractivity contribution is 7.93. The van der Waals surface area contributed by atoms with Gasteiger partial charge in [-0.15, -0.1) is 11.3 Å². The van der Waals surface area contributed by atoms with Crippen molar-refractivity contribution in [3.05, 3.63) is 18.2 Å². The molecule has 0 aliphatic carbocycles. The van der Waals surface area contributed by atoms with Crippen molar-refractivity contribution in [2.45, 2.75) is 17.2 Å². The van der Waals surface area contributed by atoms with Crippen molar-refractivity contribution < 1.29 is 8.42 Å². The fourth-order valence-corrected chi connectivity index (χ4v) is 4.19. The van der Waals surface area contributed by atoms with E-state index in [2.05, 4.69) is 4.98 Å². The predicted octanol–water partition coefficient (Wildman–Crippen LogP) is 1.96. The van der Waals surface area contributed by atoms with Gasteiger partial charge < -0.3 is 5.73 Å². The molecule has 0 radical (unpaired) electrons. The van der Waals surface area contributed by atoms with E-state index in [1.165, 1.54) is 0 Å². The second-order valence-corrected chi connectivity index (χ2v) is 7.10. The zero-order valence-electron chi connectivity index (χ0n) is 9.46. The van der Waals surface area contributed by atoms with Crippen molar-refractivity contribution in [1.29, 1.82) is 5.26 Å². The van der Waals surface area contributed by atoms with Crippen molar-refractivity contribution in [2.24, 2.45) is 0 Å². The summed E-state index contributed by atoms with van der Waals surface area (Å²) in [5.74, 6) is -0.0458. The van der Waals surface area contributed by atoms with Crippen molar-refractivity contribution in [3.8, 4) is 6.07 Å². The molecule has 1 aromatic carbocycles. The second kappa shape index (κ2) is 4.92. The molecular weight excluding hydrogens is 270 g/mol. The Labute approximate surface area is 109 Å². The largest absolute Gasteiger partial charge is 0.399 e. The number of anilines is 1. The summed E-state index contributed by atoms with van der Waals surface area (Å²) in [4.78, 5) is 4.10. The average molecular weight is 281 g/mol. The third kappa shape index (κ3) is 2.60. The van der Waals surface area contributed by atoms with Crippen LogP contribution in [0.25, 0.3) is 10.2 Å². The summed E-state index contributed by atoms with van der Waals surface area (Å²) in [6, 6.07) is 7.03. The Morgan fingerprint density at radius 2 is 2.22 bits per heavy atom. The number of benzene rings is 1. The Hall–Kier alpha value is -1.65. The van der Waals surface area contributed by atoms with Gasteiger partial charge in [0, 0.05) is 12.1 Å². The molecule has 7 heteroatoms. The van der Waals surface area contributed by atoms with E-state index < -0.39 is 9.84 Å². The van der Waals surface area contributed by atoms with Crippen LogP contribution in [0.2, 0.25) is 0 Å². The average Bonchev–Trinajstić information content (AvgIpc) is 2.72. The van der Waals surface area contributed by atoms with Crippen LogP contribution in [-0.4, -0.2) is 19.2 Å². The van der Waals surface area contributed by atoms with Crippen molar-refractivity contribution in [2.75, 3.05) is 11.5 Å². The first-order valence-electron chi connectivity index (χ1n) is 5.29. The number of hydrogen-bond donors (Lipinski definition) is 1. The predicted molar refractivity (Wildman–Crippen MR) is 70.9 cm³/mol. The molecule has 2 rings (SSSR count). The fraction of sp³-hybridized carbons (Fsp3) is 0.273. The lowest BCUT2D eigenvalue weighted by molar-refractivity contribution is 0.593. The van der Waals surface area contributed by atoms with Crippen molar-refractivity contribution >= 4 is 37.1 Å². The Bertz CT molecular complexity index is 713. The highest BCUT2D eigenvalue weighted by atomic mass is 32.2. The molecular formula is C11H11N3O2S2. The van der Waals surface area contributed by atoms with E-state index in [1.807, 2.05) is 6.07 Å². The van der Waals surface area contributed by atoms with Gasteiger partial charge in [-0.25, -0.2) is 13.4 Å². The zero-order chi connectivity index (χ0) is 13.2. The quantitative estimate of drug-likeness (QED) is 0.682. The van der Waals surface area contributed by atoms with Crippen molar-refractivity contribution in [3.63, 3.8) is 0 Å². The molecule has 2 aromatic rings. The number of nitrogens with zero attached hydrogens (tertiary/aromatic N) is 2. The first-order valence-corrected chi connectivity index (χ1v) is 7.75. The lowest BCUT2D eigenvalue weighted by atomic mass is 10.3. The number of aromatic nitrogens is 1. The lowest BCUT2D eigenvalue weighted by Crippen LogP contribution is -2.05. The maximum atomic E-state index is 12.0. The summed E-state index contributed by atoms with van der Waals surface area (Å²) < 4.78 is 24.8. The highest BCUT2D eigenvalue weighted by Gasteiger charge is 2.19. The molecule has 1 heterocycles. The molecule has 0 atom stereocenters. The maximum absolute atomic E-state index is 12.0. The number of sulfone groups is 1. The fourth-order valence-electron chi connectivity index (χ4n) is 1.48. The normalized spacial score (nSPS) is 11.5. The number of rotatable bonds is 4. The summed E-state index contributed by atoms with van der Waals surface area (Å²) in [5, 5.41) is 8.41. The van der Waals surface area contributed by atoms with Crippen LogP contribution in [0.5, 0.6) is 0 Å². The smallest absolute Gasteiger partial charge is 0.210 e. The number of nitriles is 1. The summed E-state index contributed by atoms with van der Waals surface area (Å²) in [6.45, 7) is 0. The van der Waals surface area contributed by atoms with E-state index in [4.69, 9.17) is 11.0 Å². The molecule has 94 valence electrons. The van der Waals surface area contributed by atoms with Gasteiger partial charge in [0.2, 0.25) is 14.2 Å². The van der Waals surface area contributed by atoms with Gasteiger partial charge >= 0.3 is 0 Å². The minimum atomic E-state index is -3.39. The molecule has 0 unspecified atom stereocenters. The van der Waals surface area contributed by atoms with Gasteiger partial charge in [0.05, 0.1) is 22.0 Å². The van der Waals surface area contributed by atoms with E-state index in [-0.39, 0.29) is 16.5 Å². The topological polar surface area (TPSA) is 96.8 Å². The number of fused-ring (bicyclic) bond motifs is 1. The van der Waals surface area contributed by atoms with Crippen LogP contribution in [-0.2, 0) is 9.84 Å². The molecule has 0 saturated heterocycles. The third-order valence-electron chi connectivity index (χ3n) is 2.36. The molecule has 2 N–H and O–H groups in total. The molecule has 0 saturated carbocycles. The van der Waals surface area contributed by atoms with Crippen LogP contribution in [0.15, 0.2) is 22.5 Å². The zero-order valence-corrected chi connectivity index (χ0v) is 11.1. The van der Waals surface area contributed by atoms with E-state index >= 15 is 0 Å². The minimum Gasteiger partial charge on any atom is -0.399 e. The summed E-state index contributed by atoms with van der Waals surface area (Å²) >= 11 is 1.11. The maximum Gasteiger partial charge on any atom is 0.210 e. The van der Waals surface area contributed by atoms with Crippen LogP contribution in [0, 0.1) is 11.3 Å². The van der Waals surface area contributed by atoms with Gasteiger partial charge in [-0.2, -0.15) is 5.26 Å². The van der Waals surface area contributed by atoms with E-state index in [1.54, 1.807) is 18.2 Å². The van der Waals surface area contributed by atoms with E-state index in [0.717, 1.165) is 16.0 Å². The van der Waals surface area contributed by atoms with E-state index in [9.17, 15) is 8.42 Å². The molecule has 0 bridgehead atoms. The molecule has 0 fully saturated rings. The van der Waals surface area contributed by atoms with Crippen LogP contribution >= 0.6 is 11.3 Å². The standard InChI is InChI=1S/C11H11N3O2S2/c12-5-1-2-6-18(15,16)11-14-9-4-3-8(13)7-10(9)17-11/h3-4,7H,1-2,6,13H2. The number of thiazole rings is 1. The number of nitrogens with two attached hydrogens (primary N) is 1. The van der Waals surface area contributed by atoms with Gasteiger partial charge in [-0.05, 0) is 24.6 Å². The van der Waals surface area contributed by atoms with Gasteiger partial charge in [-0.3, -0.25) is 0 Å². The Balaban J connectivity index is 2.33. The van der Waals surface area contributed by atoms with Crippen molar-refractivity contribution in [1.82, 2.24) is 4.98 Å². The SMILES string of the molecule is N#CCCCS(=O)(=O)c1nc2ccc(N)cc2s1. The van der Waals surface area contributed by atoms with Gasteiger partial charge in [0.1, 0.15) is 0 Å². The number of hydrogen-bond acceptors (Lipinski definition) is 6. The summed E-state index contributed by atoms with van der Waals surface area (Å²) in [6.07, 6.45) is 0.563. The van der Waals surface area contributed by atoms with Crippen LogP contribution in [0.3, 0.4) is 0 Å². The molecule has 0 aliphatic rings. The Morgan fingerprint density at radius 3 is 2.94 bits per heavy atom. The van der Waals surface area contributed by atoms with Crippen LogP contribution in [0.4, 0.5) is 5.69 Å². The monoisotopic (exact) mass is 281 g/mol. The van der Waals surface area contributed by atoms with Gasteiger partial charge in [0.25, 0.3) is 0 Å². The number of nitrogen functional groups attached to an aromatic ring is 1. The van der Waals surface area contributed by atoms with Gasteiger partial charge in [0.15, 0.2) is 0 Å². The molecule has 0 aliphatic heterocycles. The Morgan fingerprint density at radius 1 is 1.44 bits per heavy atom. The molecule has 5 nitrogen and oxygen atoms in total. The van der Waals surface area contributed by atoms with Crippen LogP contribution in [0.1, 0.15) is 12.8 Å². The van der Waals surface area contributed by atoms with E-state index in [0.29, 0.717) is 17.6 Å². The summed E-state index contributed by atoms with van der Waals surface area (Å²) in [7, 11) is -3.39. The Kier molecular flexibility index (Phi) is 3.50. The van der Waals surface area contributed by atoms with Crippen LogP contribution < -0.4 is 5.73 Å². The molecule has 0 spiro atoms. The first-order chi connectivity index (χ1) is 8.53. The highest BCUT2D eigenvalue weighted by Crippen LogP contribution is 2.27. The summed E-state index contributed by atoms with van der Waals surface area (Å²) in [5.41, 5.74) is 6.85. The number of unbranched alkanes of at least 4 members (excludes halogenated alkanes) is 1. The molecule has 1 aromatic heterocycles. The second-order valence-electron chi connectivity index (χ2n) is 3.79. The molecule has 18 heavy (non-hydrogen) atoms. The lowest BCUT2D eigenvalue weighted by Gasteiger charge is -1.96. The van der Waals surface area contributed by atoms with Gasteiger partial charge in [-0.1, -0.05) is 0 Å². The minimum absolute atomic E-state index is 0.0458.